The molecule has 7 nitrogen and oxygen atoms in total. The fourth-order valence-corrected chi connectivity index (χ4v) is 2.76. The van der Waals surface area contributed by atoms with Gasteiger partial charge >= 0.3 is 5.69 Å². The fraction of sp³-hybridized carbons (Fsp3) is 0.133. The van der Waals surface area contributed by atoms with Gasteiger partial charge in [-0.25, -0.2) is 4.79 Å². The number of carbonyl (C=O) groups excluding carboxylic acids is 2. The highest BCUT2D eigenvalue weighted by Gasteiger charge is 2.08. The molecule has 2 heterocycles. The van der Waals surface area contributed by atoms with Crippen LogP contribution in [-0.4, -0.2) is 28.3 Å². The van der Waals surface area contributed by atoms with Crippen LogP contribution in [0.3, 0.4) is 0 Å². The molecule has 2 amide bonds. The van der Waals surface area contributed by atoms with Crippen molar-refractivity contribution in [3.63, 3.8) is 0 Å². The molecule has 0 spiro atoms. The Hall–Kier alpha value is -2.87. The number of aromatic amines is 2. The summed E-state index contributed by atoms with van der Waals surface area (Å²) >= 11 is 1.44. The molecule has 23 heavy (non-hydrogen) atoms. The molecule has 118 valence electrons. The van der Waals surface area contributed by atoms with Gasteiger partial charge in [-0.2, -0.15) is 11.3 Å². The van der Waals surface area contributed by atoms with Crippen molar-refractivity contribution in [1.29, 1.82) is 0 Å². The van der Waals surface area contributed by atoms with E-state index >= 15 is 0 Å². The summed E-state index contributed by atoms with van der Waals surface area (Å²) in [4.78, 5) is 40.0. The summed E-state index contributed by atoms with van der Waals surface area (Å²) in [6, 6.07) is 6.82. The smallest absolute Gasteiger partial charge is 0.323 e. The zero-order valence-electron chi connectivity index (χ0n) is 12.0. The van der Waals surface area contributed by atoms with E-state index in [-0.39, 0.29) is 30.5 Å². The molecule has 0 saturated heterocycles. The average Bonchev–Trinajstić information content (AvgIpc) is 3.15. The maximum absolute atomic E-state index is 11.9. The molecule has 0 unspecified atom stereocenters. The summed E-state index contributed by atoms with van der Waals surface area (Å²) in [5.74, 6) is -0.404. The summed E-state index contributed by atoms with van der Waals surface area (Å²) in [6.45, 7) is 0.254. The van der Waals surface area contributed by atoms with E-state index in [9.17, 15) is 14.4 Å². The molecule has 2 aromatic heterocycles. The number of carbonyl (C=O) groups is 2. The zero-order chi connectivity index (χ0) is 16.2. The van der Waals surface area contributed by atoms with Crippen molar-refractivity contribution in [3.8, 4) is 0 Å². The second-order valence-corrected chi connectivity index (χ2v) is 5.69. The zero-order valence-corrected chi connectivity index (χ0v) is 12.8. The van der Waals surface area contributed by atoms with E-state index < -0.39 is 0 Å². The lowest BCUT2D eigenvalue weighted by atomic mass is 10.2. The minimum atomic E-state index is -0.292. The van der Waals surface area contributed by atoms with Gasteiger partial charge in [0.1, 0.15) is 0 Å². The Kier molecular flexibility index (Phi) is 4.24. The van der Waals surface area contributed by atoms with Gasteiger partial charge in [0.2, 0.25) is 5.91 Å². The van der Waals surface area contributed by atoms with Gasteiger partial charge in [0.15, 0.2) is 0 Å². The third-order valence-electron chi connectivity index (χ3n) is 3.22. The standard InChI is InChI=1S/C15H14N4O3S/c20-13(3-5-16-14(21)9-4-6-23-8-9)17-10-1-2-11-12(7-10)19-15(22)18-11/h1-2,4,6-8H,3,5H2,(H,16,21)(H,17,20)(H2,18,19,22). The van der Waals surface area contributed by atoms with E-state index in [4.69, 9.17) is 0 Å². The third-order valence-corrected chi connectivity index (χ3v) is 3.90. The highest BCUT2D eigenvalue weighted by atomic mass is 32.1. The van der Waals surface area contributed by atoms with Crippen LogP contribution in [-0.2, 0) is 4.79 Å². The Morgan fingerprint density at radius 1 is 1.13 bits per heavy atom. The second kappa shape index (κ2) is 6.49. The van der Waals surface area contributed by atoms with E-state index in [1.165, 1.54) is 11.3 Å². The molecule has 0 saturated carbocycles. The van der Waals surface area contributed by atoms with E-state index in [0.717, 1.165) is 0 Å². The van der Waals surface area contributed by atoms with Gasteiger partial charge in [0.25, 0.3) is 5.91 Å². The normalized spacial score (nSPS) is 10.6. The Labute approximate surface area is 134 Å². The number of aromatic nitrogens is 2. The summed E-state index contributed by atoms with van der Waals surface area (Å²) in [7, 11) is 0. The van der Waals surface area contributed by atoms with Crippen LogP contribution < -0.4 is 16.3 Å². The topological polar surface area (TPSA) is 107 Å². The van der Waals surface area contributed by atoms with E-state index in [1.807, 2.05) is 5.38 Å². The predicted octanol–water partition coefficient (Wildman–Crippen LogP) is 1.68. The Morgan fingerprint density at radius 2 is 1.96 bits per heavy atom. The molecular formula is C15H14N4O3S. The first-order chi connectivity index (χ1) is 11.1. The number of anilines is 1. The first-order valence-electron chi connectivity index (χ1n) is 6.94. The van der Waals surface area contributed by atoms with Crippen molar-refractivity contribution < 1.29 is 9.59 Å². The van der Waals surface area contributed by atoms with Gasteiger partial charge in [-0.15, -0.1) is 0 Å². The maximum atomic E-state index is 11.9. The minimum Gasteiger partial charge on any atom is -0.351 e. The van der Waals surface area contributed by atoms with Crippen molar-refractivity contribution in [2.75, 3.05) is 11.9 Å². The van der Waals surface area contributed by atoms with E-state index in [2.05, 4.69) is 20.6 Å². The molecule has 3 aromatic rings. The Balaban J connectivity index is 1.52. The van der Waals surface area contributed by atoms with Crippen LogP contribution in [0.5, 0.6) is 0 Å². The number of benzene rings is 1. The largest absolute Gasteiger partial charge is 0.351 e. The summed E-state index contributed by atoms with van der Waals surface area (Å²) in [5.41, 5.74) is 2.19. The first kappa shape index (κ1) is 15.0. The molecule has 0 aliphatic carbocycles. The van der Waals surface area contributed by atoms with Crippen molar-refractivity contribution in [3.05, 3.63) is 51.1 Å². The van der Waals surface area contributed by atoms with Crippen molar-refractivity contribution in [2.45, 2.75) is 6.42 Å². The average molecular weight is 330 g/mol. The molecule has 4 N–H and O–H groups in total. The third kappa shape index (κ3) is 3.67. The number of thiophene rings is 1. The number of rotatable bonds is 5. The van der Waals surface area contributed by atoms with Crippen LogP contribution in [0, 0.1) is 0 Å². The van der Waals surface area contributed by atoms with Crippen LogP contribution in [0.15, 0.2) is 39.8 Å². The monoisotopic (exact) mass is 330 g/mol. The SMILES string of the molecule is O=C(CCNC(=O)c1ccsc1)Nc1ccc2[nH]c(=O)[nH]c2c1. The molecule has 0 bridgehead atoms. The highest BCUT2D eigenvalue weighted by molar-refractivity contribution is 7.08. The van der Waals surface area contributed by atoms with Crippen LogP contribution in [0.2, 0.25) is 0 Å². The molecule has 0 aliphatic rings. The molecule has 0 atom stereocenters. The van der Waals surface area contributed by atoms with E-state index in [1.54, 1.807) is 29.6 Å². The number of H-pyrrole nitrogens is 2. The number of amides is 2. The van der Waals surface area contributed by atoms with E-state index in [0.29, 0.717) is 22.3 Å². The van der Waals surface area contributed by atoms with Crippen LogP contribution >= 0.6 is 11.3 Å². The van der Waals surface area contributed by atoms with Gasteiger partial charge in [-0.1, -0.05) is 0 Å². The maximum Gasteiger partial charge on any atom is 0.323 e. The summed E-state index contributed by atoms with van der Waals surface area (Å²) in [5, 5.41) is 8.99. The molecular weight excluding hydrogens is 316 g/mol. The number of nitrogens with one attached hydrogen (secondary N) is 4. The lowest BCUT2D eigenvalue weighted by Gasteiger charge is -2.06. The first-order valence-corrected chi connectivity index (χ1v) is 7.88. The predicted molar refractivity (Wildman–Crippen MR) is 88.8 cm³/mol. The number of imidazole rings is 1. The lowest BCUT2D eigenvalue weighted by molar-refractivity contribution is -0.116. The highest BCUT2D eigenvalue weighted by Crippen LogP contribution is 2.14. The molecule has 8 heteroatoms. The second-order valence-electron chi connectivity index (χ2n) is 4.91. The van der Waals surface area contributed by atoms with Gasteiger partial charge < -0.3 is 20.6 Å². The van der Waals surface area contributed by atoms with Gasteiger partial charge in [0, 0.05) is 29.6 Å². The molecule has 3 rings (SSSR count). The number of hydrogen-bond acceptors (Lipinski definition) is 4. The Morgan fingerprint density at radius 3 is 2.74 bits per heavy atom. The van der Waals surface area contributed by atoms with Gasteiger partial charge in [-0.05, 0) is 29.6 Å². The number of fused-ring (bicyclic) bond motifs is 1. The molecule has 0 fully saturated rings. The molecule has 0 radical (unpaired) electrons. The van der Waals surface area contributed by atoms with Crippen molar-refractivity contribution >= 4 is 39.9 Å². The summed E-state index contributed by atoms with van der Waals surface area (Å²) in [6.07, 6.45) is 0.164. The van der Waals surface area contributed by atoms with Crippen LogP contribution in [0.4, 0.5) is 5.69 Å². The van der Waals surface area contributed by atoms with Gasteiger partial charge in [0.05, 0.1) is 11.0 Å². The minimum absolute atomic E-state index is 0.164. The van der Waals surface area contributed by atoms with Crippen molar-refractivity contribution in [2.24, 2.45) is 0 Å². The fourth-order valence-electron chi connectivity index (χ4n) is 2.12. The summed E-state index contributed by atoms with van der Waals surface area (Å²) < 4.78 is 0. The van der Waals surface area contributed by atoms with Gasteiger partial charge in [-0.3, -0.25) is 9.59 Å². The molecule has 0 aliphatic heterocycles. The Bertz CT molecular complexity index is 895. The lowest BCUT2D eigenvalue weighted by Crippen LogP contribution is -2.27. The molecule has 1 aromatic carbocycles. The number of hydrogen-bond donors (Lipinski definition) is 4. The van der Waals surface area contributed by atoms with Crippen molar-refractivity contribution in [1.82, 2.24) is 15.3 Å². The van der Waals surface area contributed by atoms with Crippen LogP contribution in [0.25, 0.3) is 11.0 Å². The van der Waals surface area contributed by atoms with Crippen LogP contribution in [0.1, 0.15) is 16.8 Å². The quantitative estimate of drug-likeness (QED) is 0.571.